The van der Waals surface area contributed by atoms with Crippen LogP contribution in [0.1, 0.15) is 23.4 Å². The topological polar surface area (TPSA) is 102 Å². The Morgan fingerprint density at radius 2 is 2.16 bits per heavy atom. The fraction of sp³-hybridized carbons (Fsp3) is 0.583. The smallest absolute Gasteiger partial charge is 0.326 e. The molecule has 7 heteroatoms. The van der Waals surface area contributed by atoms with Crippen LogP contribution < -0.4 is 5.32 Å². The summed E-state index contributed by atoms with van der Waals surface area (Å²) in [5, 5.41) is 15.2. The molecule has 1 amide bonds. The van der Waals surface area contributed by atoms with Crippen LogP contribution in [-0.2, 0) is 20.7 Å². The highest BCUT2D eigenvalue weighted by molar-refractivity contribution is 5.85. The highest BCUT2D eigenvalue weighted by atomic mass is 16.5. The summed E-state index contributed by atoms with van der Waals surface area (Å²) in [6, 6.07) is -0.951. The molecule has 0 aliphatic rings. The highest BCUT2D eigenvalue weighted by Crippen LogP contribution is 2.12. The summed E-state index contributed by atoms with van der Waals surface area (Å²) in [6.07, 6.45) is 0.275. The number of ether oxygens (including phenoxy) is 1. The van der Waals surface area contributed by atoms with E-state index in [1.807, 2.05) is 0 Å². The third kappa shape index (κ3) is 4.36. The Labute approximate surface area is 110 Å². The maximum absolute atomic E-state index is 11.8. The third-order valence-corrected chi connectivity index (χ3v) is 2.76. The zero-order valence-electron chi connectivity index (χ0n) is 11.2. The fourth-order valence-corrected chi connectivity index (χ4v) is 1.65. The maximum atomic E-state index is 11.8. The number of carboxylic acid groups (broad SMARTS) is 1. The lowest BCUT2D eigenvalue weighted by Gasteiger charge is -2.13. The van der Waals surface area contributed by atoms with E-state index in [4.69, 9.17) is 14.4 Å². The Bertz CT molecular complexity index is 435. The van der Waals surface area contributed by atoms with Crippen molar-refractivity contribution in [1.29, 1.82) is 0 Å². The summed E-state index contributed by atoms with van der Waals surface area (Å²) >= 11 is 0. The van der Waals surface area contributed by atoms with Crippen LogP contribution in [0.2, 0.25) is 0 Å². The number of nitrogens with one attached hydrogen (secondary N) is 1. The van der Waals surface area contributed by atoms with Crippen molar-refractivity contribution in [3.63, 3.8) is 0 Å². The van der Waals surface area contributed by atoms with Crippen molar-refractivity contribution in [2.75, 3.05) is 13.7 Å². The van der Waals surface area contributed by atoms with E-state index >= 15 is 0 Å². The first kappa shape index (κ1) is 15.2. The molecule has 0 radical (unpaired) electrons. The Hall–Kier alpha value is -1.89. The van der Waals surface area contributed by atoms with E-state index in [0.29, 0.717) is 17.0 Å². The number of aliphatic carboxylic acids is 1. The minimum Gasteiger partial charge on any atom is -0.480 e. The SMILES string of the molecule is COCCC(NC(=O)Cc1c(C)noc1C)C(=O)O. The molecule has 0 spiro atoms. The predicted octanol–water partition coefficient (Wildman–Crippen LogP) is 0.440. The molecular weight excluding hydrogens is 252 g/mol. The molecule has 1 heterocycles. The van der Waals surface area contributed by atoms with Gasteiger partial charge in [-0.25, -0.2) is 4.79 Å². The molecule has 0 aromatic carbocycles. The van der Waals surface area contributed by atoms with Crippen LogP contribution >= 0.6 is 0 Å². The summed E-state index contributed by atoms with van der Waals surface area (Å²) in [5.41, 5.74) is 1.32. The number of carboxylic acids is 1. The van der Waals surface area contributed by atoms with Crippen molar-refractivity contribution >= 4 is 11.9 Å². The summed E-state index contributed by atoms with van der Waals surface area (Å²) in [5.74, 6) is -0.890. The second kappa shape index (κ2) is 6.89. The van der Waals surface area contributed by atoms with E-state index in [1.54, 1.807) is 13.8 Å². The van der Waals surface area contributed by atoms with E-state index in [-0.39, 0.29) is 25.4 Å². The van der Waals surface area contributed by atoms with E-state index in [2.05, 4.69) is 10.5 Å². The minimum absolute atomic E-state index is 0.0535. The summed E-state index contributed by atoms with van der Waals surface area (Å²) < 4.78 is 9.76. The molecule has 1 aromatic rings. The standard InChI is InChI=1S/C12H18N2O5/c1-7-9(8(2)19-14-7)6-11(15)13-10(12(16)17)4-5-18-3/h10H,4-6H2,1-3H3,(H,13,15)(H,16,17). The molecular formula is C12H18N2O5. The average Bonchev–Trinajstić information content (AvgIpc) is 2.66. The molecule has 2 N–H and O–H groups in total. The zero-order chi connectivity index (χ0) is 14.4. The zero-order valence-corrected chi connectivity index (χ0v) is 11.2. The van der Waals surface area contributed by atoms with Crippen LogP contribution in [0.15, 0.2) is 4.52 Å². The van der Waals surface area contributed by atoms with Crippen molar-refractivity contribution in [1.82, 2.24) is 10.5 Å². The lowest BCUT2D eigenvalue weighted by molar-refractivity contribution is -0.142. The number of hydrogen-bond donors (Lipinski definition) is 2. The van der Waals surface area contributed by atoms with E-state index in [0.717, 1.165) is 0 Å². The van der Waals surface area contributed by atoms with Crippen LogP contribution in [0, 0.1) is 13.8 Å². The molecule has 0 fully saturated rings. The van der Waals surface area contributed by atoms with Crippen LogP contribution in [0.25, 0.3) is 0 Å². The molecule has 0 aliphatic heterocycles. The number of aromatic nitrogens is 1. The predicted molar refractivity (Wildman–Crippen MR) is 65.7 cm³/mol. The van der Waals surface area contributed by atoms with Gasteiger partial charge in [-0.3, -0.25) is 4.79 Å². The number of carbonyl (C=O) groups excluding carboxylic acids is 1. The van der Waals surface area contributed by atoms with E-state index < -0.39 is 12.0 Å². The van der Waals surface area contributed by atoms with Crippen molar-refractivity contribution in [3.8, 4) is 0 Å². The molecule has 1 aromatic heterocycles. The van der Waals surface area contributed by atoms with Gasteiger partial charge < -0.3 is 19.7 Å². The number of hydrogen-bond acceptors (Lipinski definition) is 5. The van der Waals surface area contributed by atoms with Crippen LogP contribution in [0.4, 0.5) is 0 Å². The van der Waals surface area contributed by atoms with Gasteiger partial charge in [0, 0.05) is 25.7 Å². The van der Waals surface area contributed by atoms with Gasteiger partial charge in [0.1, 0.15) is 11.8 Å². The molecule has 1 atom stereocenters. The lowest BCUT2D eigenvalue weighted by atomic mass is 10.1. The van der Waals surface area contributed by atoms with Crippen molar-refractivity contribution in [3.05, 3.63) is 17.0 Å². The molecule has 1 rings (SSSR count). The number of carbonyl (C=O) groups is 2. The molecule has 0 aliphatic carbocycles. The average molecular weight is 270 g/mol. The van der Waals surface area contributed by atoms with Crippen molar-refractivity contribution < 1.29 is 24.0 Å². The molecule has 1 unspecified atom stereocenters. The second-order valence-corrected chi connectivity index (χ2v) is 4.22. The summed E-state index contributed by atoms with van der Waals surface area (Å²) in [7, 11) is 1.48. The van der Waals surface area contributed by atoms with Gasteiger partial charge >= 0.3 is 5.97 Å². The van der Waals surface area contributed by atoms with Crippen LogP contribution in [0.5, 0.6) is 0 Å². The van der Waals surface area contributed by atoms with Gasteiger partial charge in [0.2, 0.25) is 5.91 Å². The van der Waals surface area contributed by atoms with E-state index in [1.165, 1.54) is 7.11 Å². The van der Waals surface area contributed by atoms with Gasteiger partial charge in [-0.05, 0) is 13.8 Å². The first-order valence-corrected chi connectivity index (χ1v) is 5.88. The Morgan fingerprint density at radius 1 is 1.47 bits per heavy atom. The van der Waals surface area contributed by atoms with E-state index in [9.17, 15) is 9.59 Å². The number of nitrogens with zero attached hydrogens (tertiary/aromatic N) is 1. The maximum Gasteiger partial charge on any atom is 0.326 e. The highest BCUT2D eigenvalue weighted by Gasteiger charge is 2.21. The molecule has 7 nitrogen and oxygen atoms in total. The molecule has 0 saturated heterocycles. The summed E-state index contributed by atoms with van der Waals surface area (Å²) in [4.78, 5) is 22.8. The minimum atomic E-state index is -1.08. The Balaban J connectivity index is 2.60. The van der Waals surface area contributed by atoms with Gasteiger partial charge in [-0.15, -0.1) is 0 Å². The first-order valence-electron chi connectivity index (χ1n) is 5.88. The van der Waals surface area contributed by atoms with Crippen molar-refractivity contribution in [2.24, 2.45) is 0 Å². The lowest BCUT2D eigenvalue weighted by Crippen LogP contribution is -2.42. The number of methoxy groups -OCH3 is 1. The van der Waals surface area contributed by atoms with Gasteiger partial charge in [0.05, 0.1) is 12.1 Å². The molecule has 19 heavy (non-hydrogen) atoms. The van der Waals surface area contributed by atoms with Gasteiger partial charge in [0.25, 0.3) is 0 Å². The first-order chi connectivity index (χ1) is 8.95. The van der Waals surface area contributed by atoms with Crippen LogP contribution in [-0.4, -0.2) is 41.9 Å². The number of rotatable bonds is 7. The largest absolute Gasteiger partial charge is 0.480 e. The van der Waals surface area contributed by atoms with Crippen molar-refractivity contribution in [2.45, 2.75) is 32.7 Å². The Morgan fingerprint density at radius 3 is 2.63 bits per heavy atom. The number of aryl methyl sites for hydroxylation is 2. The van der Waals surface area contributed by atoms with Gasteiger partial charge in [-0.1, -0.05) is 5.16 Å². The van der Waals surface area contributed by atoms with Gasteiger partial charge in [0.15, 0.2) is 0 Å². The quantitative estimate of drug-likeness (QED) is 0.745. The third-order valence-electron chi connectivity index (χ3n) is 2.76. The number of amides is 1. The monoisotopic (exact) mass is 270 g/mol. The molecule has 0 bridgehead atoms. The second-order valence-electron chi connectivity index (χ2n) is 4.22. The fourth-order valence-electron chi connectivity index (χ4n) is 1.65. The summed E-state index contributed by atoms with van der Waals surface area (Å²) in [6.45, 7) is 3.71. The Kier molecular flexibility index (Phi) is 5.50. The van der Waals surface area contributed by atoms with Gasteiger partial charge in [-0.2, -0.15) is 0 Å². The normalized spacial score (nSPS) is 12.2. The molecule has 0 saturated carbocycles. The molecule has 106 valence electrons. The van der Waals surface area contributed by atoms with Crippen LogP contribution in [0.3, 0.4) is 0 Å².